The molecule has 0 bridgehead atoms. The molecular formula is C18H22N2O3S. The highest BCUT2D eigenvalue weighted by Gasteiger charge is 2.51. The summed E-state index contributed by atoms with van der Waals surface area (Å²) in [7, 11) is 1.68. The van der Waals surface area contributed by atoms with E-state index in [2.05, 4.69) is 17.4 Å². The fraction of sp³-hybridized carbons (Fsp3) is 0.500. The first-order chi connectivity index (χ1) is 11.7. The fourth-order valence-corrected chi connectivity index (χ4v) is 5.19. The number of nitrogens with one attached hydrogen (secondary N) is 1. The molecule has 128 valence electrons. The highest BCUT2D eigenvalue weighted by Crippen LogP contribution is 2.46. The van der Waals surface area contributed by atoms with Crippen LogP contribution in [-0.4, -0.2) is 54.2 Å². The first kappa shape index (κ1) is 15.7. The summed E-state index contributed by atoms with van der Waals surface area (Å²) in [5.41, 5.74) is 1.94. The van der Waals surface area contributed by atoms with Crippen molar-refractivity contribution in [3.63, 3.8) is 0 Å². The van der Waals surface area contributed by atoms with Crippen LogP contribution in [0.3, 0.4) is 0 Å². The van der Waals surface area contributed by atoms with E-state index in [1.54, 1.807) is 13.4 Å². The first-order valence-corrected chi connectivity index (χ1v) is 9.30. The fourth-order valence-electron chi connectivity index (χ4n) is 3.62. The number of likely N-dealkylation sites (tertiary alicyclic amines) is 1. The third-order valence-corrected chi connectivity index (χ3v) is 6.51. The van der Waals surface area contributed by atoms with Crippen LogP contribution in [0.1, 0.15) is 12.8 Å². The zero-order valence-electron chi connectivity index (χ0n) is 13.8. The predicted octanol–water partition coefficient (Wildman–Crippen LogP) is 2.50. The number of rotatable bonds is 4. The summed E-state index contributed by atoms with van der Waals surface area (Å²) in [6.45, 7) is 2.35. The summed E-state index contributed by atoms with van der Waals surface area (Å²) < 4.78 is 10.6. The number of hydrogen-bond acceptors (Lipinski definition) is 5. The van der Waals surface area contributed by atoms with Gasteiger partial charge in [0.15, 0.2) is 0 Å². The molecule has 3 aliphatic heterocycles. The second kappa shape index (κ2) is 6.24. The van der Waals surface area contributed by atoms with Crippen LogP contribution in [0.15, 0.2) is 36.1 Å². The third-order valence-electron chi connectivity index (χ3n) is 4.90. The second-order valence-corrected chi connectivity index (χ2v) is 8.18. The normalized spacial score (nSPS) is 24.3. The Kier molecular flexibility index (Phi) is 4.08. The van der Waals surface area contributed by atoms with E-state index in [1.807, 2.05) is 28.8 Å². The molecule has 0 aliphatic carbocycles. The van der Waals surface area contributed by atoms with E-state index >= 15 is 0 Å². The summed E-state index contributed by atoms with van der Waals surface area (Å²) in [6.07, 6.45) is 3.48. The van der Waals surface area contributed by atoms with Crippen LogP contribution in [0.25, 0.3) is 0 Å². The number of benzene rings is 1. The molecule has 1 atom stereocenters. The minimum Gasteiger partial charge on any atom is -0.500 e. The molecule has 1 amide bonds. The zero-order chi connectivity index (χ0) is 16.6. The van der Waals surface area contributed by atoms with E-state index in [-0.39, 0.29) is 10.7 Å². The molecule has 0 radical (unpaired) electrons. The molecule has 5 nitrogen and oxygen atoms in total. The molecule has 1 unspecified atom stereocenters. The van der Waals surface area contributed by atoms with Crippen molar-refractivity contribution in [1.82, 2.24) is 4.90 Å². The molecular weight excluding hydrogens is 324 g/mol. The number of carbonyl (C=O) groups is 1. The van der Waals surface area contributed by atoms with Crippen LogP contribution in [0.2, 0.25) is 0 Å². The lowest BCUT2D eigenvalue weighted by Gasteiger charge is -2.47. The minimum atomic E-state index is 0.158. The van der Waals surface area contributed by atoms with E-state index in [0.29, 0.717) is 12.6 Å². The zero-order valence-corrected chi connectivity index (χ0v) is 14.6. The van der Waals surface area contributed by atoms with E-state index in [9.17, 15) is 4.79 Å². The molecule has 1 aromatic carbocycles. The second-order valence-electron chi connectivity index (χ2n) is 6.69. The smallest absolute Gasteiger partial charge is 0.253 e. The van der Waals surface area contributed by atoms with Gasteiger partial charge in [0.05, 0.1) is 30.3 Å². The van der Waals surface area contributed by atoms with Crippen molar-refractivity contribution < 1.29 is 14.3 Å². The average molecular weight is 346 g/mol. The number of thioether (sulfide) groups is 1. The lowest BCUT2D eigenvalue weighted by Crippen LogP contribution is -2.61. The highest BCUT2D eigenvalue weighted by atomic mass is 32.2. The Morgan fingerprint density at radius 3 is 2.83 bits per heavy atom. The van der Waals surface area contributed by atoms with Crippen molar-refractivity contribution in [3.05, 3.63) is 36.1 Å². The largest absolute Gasteiger partial charge is 0.500 e. The monoisotopic (exact) mass is 346 g/mol. The third kappa shape index (κ3) is 2.95. The van der Waals surface area contributed by atoms with Crippen molar-refractivity contribution >= 4 is 23.4 Å². The summed E-state index contributed by atoms with van der Waals surface area (Å²) in [5, 5.41) is 3.60. The minimum absolute atomic E-state index is 0.158. The summed E-state index contributed by atoms with van der Waals surface area (Å²) >= 11 is 2.00. The Bertz CT molecular complexity index is 653. The maximum Gasteiger partial charge on any atom is 0.253 e. The van der Waals surface area contributed by atoms with Crippen LogP contribution in [0.4, 0.5) is 5.69 Å². The van der Waals surface area contributed by atoms with Crippen LogP contribution in [0.5, 0.6) is 5.75 Å². The molecule has 3 heterocycles. The van der Waals surface area contributed by atoms with Crippen molar-refractivity contribution in [2.75, 3.05) is 37.9 Å². The predicted molar refractivity (Wildman–Crippen MR) is 95.4 cm³/mol. The molecule has 1 spiro atoms. The van der Waals surface area contributed by atoms with Gasteiger partial charge < -0.3 is 19.7 Å². The van der Waals surface area contributed by atoms with Crippen molar-refractivity contribution in [2.24, 2.45) is 0 Å². The SMILES string of the molecule is COc1ccc(NC2CSC3(C2)CN(C(=O)C2=COCC2)C3)cc1. The summed E-state index contributed by atoms with van der Waals surface area (Å²) in [5.74, 6) is 2.11. The standard InChI is InChI=1S/C18H22N2O3S/c1-22-16-4-2-14(3-5-16)19-15-8-18(24-10-15)11-20(12-18)17(21)13-6-7-23-9-13/h2-5,9,15,19H,6-8,10-12H2,1H3. The summed E-state index contributed by atoms with van der Waals surface area (Å²) in [4.78, 5) is 14.3. The van der Waals surface area contributed by atoms with Gasteiger partial charge >= 0.3 is 0 Å². The van der Waals surface area contributed by atoms with Gasteiger partial charge in [-0.25, -0.2) is 0 Å². The molecule has 0 saturated carbocycles. The molecule has 0 aromatic heterocycles. The van der Waals surface area contributed by atoms with E-state index in [4.69, 9.17) is 9.47 Å². The van der Waals surface area contributed by atoms with Crippen LogP contribution >= 0.6 is 11.8 Å². The quantitative estimate of drug-likeness (QED) is 0.908. The lowest BCUT2D eigenvalue weighted by molar-refractivity contribution is -0.132. The van der Waals surface area contributed by atoms with Gasteiger partial charge in [-0.05, 0) is 30.7 Å². The maximum absolute atomic E-state index is 12.3. The number of amides is 1. The van der Waals surface area contributed by atoms with Gasteiger partial charge in [0.25, 0.3) is 5.91 Å². The molecule has 1 aromatic rings. The van der Waals surface area contributed by atoms with Gasteiger partial charge in [-0.1, -0.05) is 0 Å². The first-order valence-electron chi connectivity index (χ1n) is 8.32. The van der Waals surface area contributed by atoms with E-state index in [1.165, 1.54) is 0 Å². The van der Waals surface area contributed by atoms with Crippen molar-refractivity contribution in [2.45, 2.75) is 23.6 Å². The number of methoxy groups -OCH3 is 1. The number of ether oxygens (including phenoxy) is 2. The van der Waals surface area contributed by atoms with Crippen molar-refractivity contribution in [3.8, 4) is 5.75 Å². The maximum atomic E-state index is 12.3. The molecule has 3 aliphatic rings. The van der Waals surface area contributed by atoms with Crippen LogP contribution in [0, 0.1) is 0 Å². The molecule has 1 N–H and O–H groups in total. The van der Waals surface area contributed by atoms with Crippen molar-refractivity contribution in [1.29, 1.82) is 0 Å². The molecule has 2 fully saturated rings. The Morgan fingerprint density at radius 1 is 1.38 bits per heavy atom. The van der Waals surface area contributed by atoms with E-state index < -0.39 is 0 Å². The molecule has 4 rings (SSSR count). The van der Waals surface area contributed by atoms with Crippen LogP contribution in [-0.2, 0) is 9.53 Å². The van der Waals surface area contributed by atoms with Gasteiger partial charge in [-0.2, -0.15) is 0 Å². The number of anilines is 1. The van der Waals surface area contributed by atoms with Gasteiger partial charge in [-0.3, -0.25) is 4.79 Å². The Morgan fingerprint density at radius 2 is 2.17 bits per heavy atom. The summed E-state index contributed by atoms with van der Waals surface area (Å²) in [6, 6.07) is 8.51. The number of carbonyl (C=O) groups excluding carboxylic acids is 1. The molecule has 24 heavy (non-hydrogen) atoms. The van der Waals surface area contributed by atoms with Gasteiger partial charge in [-0.15, -0.1) is 11.8 Å². The number of hydrogen-bond donors (Lipinski definition) is 1. The highest BCUT2D eigenvalue weighted by molar-refractivity contribution is 8.01. The van der Waals surface area contributed by atoms with Gasteiger partial charge in [0, 0.05) is 37.0 Å². The Hall–Kier alpha value is -1.82. The van der Waals surface area contributed by atoms with Gasteiger partial charge in [0.1, 0.15) is 5.75 Å². The Labute approximate surface area is 146 Å². The average Bonchev–Trinajstić information content (AvgIpc) is 3.23. The molecule has 6 heteroatoms. The Balaban J connectivity index is 1.30. The topological polar surface area (TPSA) is 50.8 Å². The van der Waals surface area contributed by atoms with Gasteiger partial charge in [0.2, 0.25) is 0 Å². The molecule has 2 saturated heterocycles. The van der Waals surface area contributed by atoms with E-state index in [0.717, 1.165) is 48.7 Å². The number of nitrogens with zero attached hydrogens (tertiary/aromatic N) is 1. The lowest BCUT2D eigenvalue weighted by atomic mass is 9.91. The van der Waals surface area contributed by atoms with Crippen LogP contribution < -0.4 is 10.1 Å².